The van der Waals surface area contributed by atoms with Gasteiger partial charge in [0.25, 0.3) is 0 Å². The summed E-state index contributed by atoms with van der Waals surface area (Å²) in [5.41, 5.74) is 2.43. The molecule has 40 heavy (non-hydrogen) atoms. The lowest BCUT2D eigenvalue weighted by Gasteiger charge is -2.12. The van der Waals surface area contributed by atoms with E-state index < -0.39 is 18.1 Å². The highest BCUT2D eigenvalue weighted by atomic mass is 35.5. The van der Waals surface area contributed by atoms with Crippen molar-refractivity contribution in [2.24, 2.45) is 0 Å². The molecule has 10 heteroatoms. The smallest absolute Gasteiger partial charge is 0.482 e. The molecule has 0 unspecified atom stereocenters. The predicted octanol–water partition coefficient (Wildman–Crippen LogP) is 7.75. The third kappa shape index (κ3) is 7.57. The van der Waals surface area contributed by atoms with Gasteiger partial charge in [-0.15, -0.1) is 13.2 Å². The van der Waals surface area contributed by atoms with Crippen molar-refractivity contribution in [2.45, 2.75) is 40.6 Å². The Morgan fingerprint density at radius 2 is 1.65 bits per heavy atom. The Hall–Kier alpha value is -3.98. The van der Waals surface area contributed by atoms with Crippen LogP contribution >= 0.6 is 11.6 Å². The number of ketones is 1. The van der Waals surface area contributed by atoms with Crippen LogP contribution in [0.5, 0.6) is 11.5 Å². The first-order valence-electron chi connectivity index (χ1n) is 12.6. The normalized spacial score (nSPS) is 11.0. The lowest BCUT2D eigenvalue weighted by molar-refractivity contribution is -0.274. The van der Waals surface area contributed by atoms with Crippen LogP contribution in [0.4, 0.5) is 13.2 Å². The van der Waals surface area contributed by atoms with Gasteiger partial charge in [-0.2, -0.15) is 0 Å². The van der Waals surface area contributed by atoms with Crippen molar-refractivity contribution in [3.05, 3.63) is 94.1 Å². The number of rotatable bonds is 9. The standard InChI is InChI=1S/C28H23ClF3NO5.C2H6/c1-3-36-25(34)16-37-21-6-4-5-18(13-21)15-33-17(2)26(27(35)19-7-9-20(29)10-8-19)23-12-11-22(14-24(23)33)38-28(30,31)32;1-2/h4-14H,3,15-16H2,1-2H3;1-2H3. The minimum Gasteiger partial charge on any atom is -0.482 e. The van der Waals surface area contributed by atoms with Gasteiger partial charge in [0.1, 0.15) is 11.5 Å². The monoisotopic (exact) mass is 575 g/mol. The number of esters is 1. The van der Waals surface area contributed by atoms with E-state index in [0.29, 0.717) is 38.5 Å². The molecule has 0 bridgehead atoms. The summed E-state index contributed by atoms with van der Waals surface area (Å²) in [6, 6.07) is 17.2. The molecule has 0 radical (unpaired) electrons. The Morgan fingerprint density at radius 1 is 0.950 bits per heavy atom. The van der Waals surface area contributed by atoms with Gasteiger partial charge in [-0.25, -0.2) is 4.79 Å². The number of nitrogens with zero attached hydrogens (tertiary/aromatic N) is 1. The van der Waals surface area contributed by atoms with Crippen LogP contribution < -0.4 is 9.47 Å². The van der Waals surface area contributed by atoms with Crippen LogP contribution in [0.25, 0.3) is 10.9 Å². The number of hydrogen-bond acceptors (Lipinski definition) is 5. The fraction of sp³-hybridized carbons (Fsp3) is 0.267. The Balaban J connectivity index is 0.00000216. The molecule has 0 spiro atoms. The average molecular weight is 576 g/mol. The van der Waals surface area contributed by atoms with Crippen molar-refractivity contribution in [3.63, 3.8) is 0 Å². The molecule has 0 aliphatic carbocycles. The van der Waals surface area contributed by atoms with E-state index >= 15 is 0 Å². The molecule has 0 N–H and O–H groups in total. The van der Waals surface area contributed by atoms with Crippen LogP contribution in [0, 0.1) is 6.92 Å². The molecule has 0 saturated carbocycles. The molecule has 0 amide bonds. The lowest BCUT2D eigenvalue weighted by atomic mass is 10.0. The fourth-order valence-electron chi connectivity index (χ4n) is 4.15. The summed E-state index contributed by atoms with van der Waals surface area (Å²) in [6.45, 7) is 7.61. The number of fused-ring (bicyclic) bond motifs is 1. The second-order valence-corrected chi connectivity index (χ2v) is 8.79. The van der Waals surface area contributed by atoms with Gasteiger partial charge in [0.2, 0.25) is 0 Å². The highest BCUT2D eigenvalue weighted by Gasteiger charge is 2.31. The Morgan fingerprint density at radius 3 is 2.30 bits per heavy atom. The van der Waals surface area contributed by atoms with E-state index in [1.165, 1.54) is 18.2 Å². The lowest BCUT2D eigenvalue weighted by Crippen LogP contribution is -2.17. The van der Waals surface area contributed by atoms with E-state index in [9.17, 15) is 22.8 Å². The Bertz CT molecular complexity index is 1480. The maximum absolute atomic E-state index is 13.5. The summed E-state index contributed by atoms with van der Waals surface area (Å²) in [4.78, 5) is 25.1. The molecule has 3 aromatic carbocycles. The molecule has 0 aliphatic rings. The van der Waals surface area contributed by atoms with E-state index in [-0.39, 0.29) is 25.5 Å². The largest absolute Gasteiger partial charge is 0.573 e. The number of hydrogen-bond donors (Lipinski definition) is 0. The topological polar surface area (TPSA) is 66.8 Å². The molecule has 0 aliphatic heterocycles. The molecular formula is C30H29ClF3NO5. The second kappa shape index (κ2) is 13.4. The molecule has 0 fully saturated rings. The first-order chi connectivity index (χ1) is 19.1. The van der Waals surface area contributed by atoms with Crippen molar-refractivity contribution in [3.8, 4) is 11.5 Å². The van der Waals surface area contributed by atoms with E-state index in [1.54, 1.807) is 66.9 Å². The third-order valence-corrected chi connectivity index (χ3v) is 6.02. The van der Waals surface area contributed by atoms with Gasteiger partial charge in [-0.05, 0) is 67.9 Å². The fourth-order valence-corrected chi connectivity index (χ4v) is 4.28. The van der Waals surface area contributed by atoms with Gasteiger partial charge >= 0.3 is 12.3 Å². The van der Waals surface area contributed by atoms with Crippen molar-refractivity contribution in [2.75, 3.05) is 13.2 Å². The first kappa shape index (κ1) is 30.6. The van der Waals surface area contributed by atoms with Gasteiger partial charge < -0.3 is 18.8 Å². The van der Waals surface area contributed by atoms with Crippen LogP contribution in [0.3, 0.4) is 0 Å². The van der Waals surface area contributed by atoms with E-state index in [0.717, 1.165) is 5.56 Å². The molecular weight excluding hydrogens is 547 g/mol. The van der Waals surface area contributed by atoms with Crippen molar-refractivity contribution < 1.29 is 37.0 Å². The molecule has 4 rings (SSSR count). The summed E-state index contributed by atoms with van der Waals surface area (Å²) in [5.74, 6) is -0.782. The molecule has 1 aromatic heterocycles. The van der Waals surface area contributed by atoms with Crippen LogP contribution in [0.2, 0.25) is 5.02 Å². The Kier molecular flexibility index (Phi) is 10.2. The molecule has 6 nitrogen and oxygen atoms in total. The molecule has 1 heterocycles. The second-order valence-electron chi connectivity index (χ2n) is 8.35. The minimum atomic E-state index is -4.87. The SMILES string of the molecule is CC.CCOC(=O)COc1cccc(Cn2c(C)c(C(=O)c3ccc(Cl)cc3)c3ccc(OC(F)(F)F)cc32)c1. The van der Waals surface area contributed by atoms with Gasteiger partial charge in [-0.1, -0.05) is 37.6 Å². The maximum Gasteiger partial charge on any atom is 0.573 e. The van der Waals surface area contributed by atoms with Crippen LogP contribution in [-0.2, 0) is 16.1 Å². The third-order valence-electron chi connectivity index (χ3n) is 5.76. The summed E-state index contributed by atoms with van der Waals surface area (Å²) in [7, 11) is 0. The summed E-state index contributed by atoms with van der Waals surface area (Å²) >= 11 is 5.96. The zero-order valence-corrected chi connectivity index (χ0v) is 23.2. The zero-order valence-electron chi connectivity index (χ0n) is 22.5. The maximum atomic E-state index is 13.5. The highest BCUT2D eigenvalue weighted by Crippen LogP contribution is 2.34. The van der Waals surface area contributed by atoms with Crippen molar-refractivity contribution >= 4 is 34.3 Å². The number of alkyl halides is 3. The van der Waals surface area contributed by atoms with Gasteiger partial charge in [0, 0.05) is 34.3 Å². The predicted molar refractivity (Wildman–Crippen MR) is 147 cm³/mol. The number of aromatic nitrogens is 1. The molecule has 0 saturated heterocycles. The first-order valence-corrected chi connectivity index (χ1v) is 13.0. The zero-order chi connectivity index (χ0) is 29.4. The van der Waals surface area contributed by atoms with Gasteiger partial charge in [-0.3, -0.25) is 4.79 Å². The Labute approximate surface area is 235 Å². The number of ether oxygens (including phenoxy) is 3. The highest BCUT2D eigenvalue weighted by molar-refractivity contribution is 6.30. The van der Waals surface area contributed by atoms with Crippen molar-refractivity contribution in [1.82, 2.24) is 4.57 Å². The van der Waals surface area contributed by atoms with Crippen LogP contribution in [-0.4, -0.2) is 35.9 Å². The average Bonchev–Trinajstić information content (AvgIpc) is 3.18. The number of benzene rings is 3. The van der Waals surface area contributed by atoms with E-state index in [2.05, 4.69) is 4.74 Å². The number of carbonyl (C=O) groups is 2. The van der Waals surface area contributed by atoms with Gasteiger partial charge in [0.15, 0.2) is 12.4 Å². The summed E-state index contributed by atoms with van der Waals surface area (Å²) in [5, 5.41) is 0.950. The minimum absolute atomic E-state index is 0.211. The van der Waals surface area contributed by atoms with E-state index in [4.69, 9.17) is 21.1 Å². The van der Waals surface area contributed by atoms with E-state index in [1.807, 2.05) is 13.8 Å². The molecule has 4 aromatic rings. The van der Waals surface area contributed by atoms with Gasteiger partial charge in [0.05, 0.1) is 17.7 Å². The number of halogens is 4. The summed E-state index contributed by atoms with van der Waals surface area (Å²) in [6.07, 6.45) is -4.87. The van der Waals surface area contributed by atoms with Crippen molar-refractivity contribution in [1.29, 1.82) is 0 Å². The molecule has 212 valence electrons. The quantitative estimate of drug-likeness (QED) is 0.151. The molecule has 0 atom stereocenters. The number of carbonyl (C=O) groups excluding carboxylic acids is 2. The van der Waals surface area contributed by atoms with Crippen LogP contribution in [0.1, 0.15) is 48.0 Å². The van der Waals surface area contributed by atoms with Crippen LogP contribution in [0.15, 0.2) is 66.7 Å². The summed E-state index contributed by atoms with van der Waals surface area (Å²) < 4.78 is 55.1.